The highest BCUT2D eigenvalue weighted by Gasteiger charge is 2.14. The molecule has 33 heavy (non-hydrogen) atoms. The summed E-state index contributed by atoms with van der Waals surface area (Å²) in [5.74, 6) is -0.317. The lowest BCUT2D eigenvalue weighted by molar-refractivity contribution is 0.0600. The van der Waals surface area contributed by atoms with E-state index in [4.69, 9.17) is 14.2 Å². The Labute approximate surface area is 190 Å². The molecule has 1 N–H and O–H groups in total. The number of methoxy groups -OCH3 is 2. The van der Waals surface area contributed by atoms with Crippen LogP contribution in [0.25, 0.3) is 0 Å². The highest BCUT2D eigenvalue weighted by atomic mass is 19.1. The van der Waals surface area contributed by atoms with E-state index in [1.54, 1.807) is 25.3 Å². The summed E-state index contributed by atoms with van der Waals surface area (Å²) in [5, 5.41) is 2.65. The third-order valence-corrected chi connectivity index (χ3v) is 4.34. The average molecular weight is 454 g/mol. The molecule has 3 aromatic rings. The highest BCUT2D eigenvalue weighted by Crippen LogP contribution is 2.29. The first kappa shape index (κ1) is 23.7. The number of carbonyl (C=O) groups excluding carboxylic acids is 2. The number of ether oxygens (including phenoxy) is 4. The Morgan fingerprint density at radius 2 is 1.79 bits per heavy atom. The topological polar surface area (TPSA) is 96.0 Å². The van der Waals surface area contributed by atoms with Gasteiger partial charge in [-0.25, -0.2) is 14.2 Å². The van der Waals surface area contributed by atoms with E-state index >= 15 is 0 Å². The molecule has 2 aromatic carbocycles. The van der Waals surface area contributed by atoms with Crippen molar-refractivity contribution in [1.82, 2.24) is 4.98 Å². The minimum Gasteiger partial charge on any atom is -0.488 e. The standard InChI is InChI=1S/C24H23FN2O6/c1-15(14-30-2)32-20-9-17(10-21(12-20)33-19-6-4-5-18(25)11-19)23(28)27-22-8-7-16(13-26-22)24(29)31-3/h4-13,15H,14H2,1-3H3,(H,26,27,28)/t15-/m0/s1. The Bertz CT molecular complexity index is 1120. The number of hydrogen-bond donors (Lipinski definition) is 1. The smallest absolute Gasteiger partial charge is 0.339 e. The fraction of sp³-hybridized carbons (Fsp3) is 0.208. The van der Waals surface area contributed by atoms with Gasteiger partial charge in [-0.3, -0.25) is 4.79 Å². The predicted molar refractivity (Wildman–Crippen MR) is 118 cm³/mol. The molecule has 0 saturated heterocycles. The molecule has 3 rings (SSSR count). The molecule has 0 saturated carbocycles. The second-order valence-corrected chi connectivity index (χ2v) is 7.01. The Hall–Kier alpha value is -3.98. The highest BCUT2D eigenvalue weighted by molar-refractivity contribution is 6.04. The molecule has 0 aliphatic heterocycles. The summed E-state index contributed by atoms with van der Waals surface area (Å²) in [6.07, 6.45) is 1.01. The molecule has 0 fully saturated rings. The van der Waals surface area contributed by atoms with Crippen molar-refractivity contribution in [2.75, 3.05) is 26.1 Å². The van der Waals surface area contributed by atoms with Gasteiger partial charge in [-0.05, 0) is 43.3 Å². The zero-order valence-electron chi connectivity index (χ0n) is 18.3. The maximum absolute atomic E-state index is 13.5. The number of benzene rings is 2. The third-order valence-electron chi connectivity index (χ3n) is 4.34. The maximum atomic E-state index is 13.5. The van der Waals surface area contributed by atoms with Crippen molar-refractivity contribution in [3.05, 3.63) is 77.7 Å². The van der Waals surface area contributed by atoms with Crippen LogP contribution in [0.1, 0.15) is 27.6 Å². The normalized spacial score (nSPS) is 11.4. The lowest BCUT2D eigenvalue weighted by atomic mass is 10.1. The third kappa shape index (κ3) is 6.75. The average Bonchev–Trinajstić information content (AvgIpc) is 2.79. The number of pyridine rings is 1. The minimum absolute atomic E-state index is 0.224. The van der Waals surface area contributed by atoms with Crippen LogP contribution < -0.4 is 14.8 Å². The number of nitrogens with one attached hydrogen (secondary N) is 1. The van der Waals surface area contributed by atoms with Crippen LogP contribution in [-0.2, 0) is 9.47 Å². The minimum atomic E-state index is -0.533. The number of carbonyl (C=O) groups is 2. The largest absolute Gasteiger partial charge is 0.488 e. The molecule has 0 aliphatic rings. The van der Waals surface area contributed by atoms with Crippen LogP contribution >= 0.6 is 0 Å². The van der Waals surface area contributed by atoms with Crippen molar-refractivity contribution in [1.29, 1.82) is 0 Å². The van der Waals surface area contributed by atoms with Crippen molar-refractivity contribution in [2.24, 2.45) is 0 Å². The van der Waals surface area contributed by atoms with Crippen LogP contribution in [0.15, 0.2) is 60.8 Å². The zero-order valence-corrected chi connectivity index (χ0v) is 18.3. The molecule has 1 amide bonds. The molecule has 172 valence electrons. The van der Waals surface area contributed by atoms with Crippen LogP contribution in [0.5, 0.6) is 17.2 Å². The van der Waals surface area contributed by atoms with Gasteiger partial charge in [0.1, 0.15) is 35.0 Å². The Morgan fingerprint density at radius 1 is 1.00 bits per heavy atom. The van der Waals surface area contributed by atoms with Crippen LogP contribution in [0.4, 0.5) is 10.2 Å². The summed E-state index contributed by atoms with van der Waals surface area (Å²) in [4.78, 5) is 28.5. The second kappa shape index (κ2) is 11.1. The molecule has 1 atom stereocenters. The molecular weight excluding hydrogens is 431 g/mol. The number of halogens is 1. The summed E-state index contributed by atoms with van der Waals surface area (Å²) in [6.45, 7) is 2.16. The molecule has 1 aromatic heterocycles. The number of rotatable bonds is 9. The van der Waals surface area contributed by atoms with E-state index in [9.17, 15) is 14.0 Å². The fourth-order valence-corrected chi connectivity index (χ4v) is 2.89. The molecule has 8 nitrogen and oxygen atoms in total. The van der Waals surface area contributed by atoms with Gasteiger partial charge < -0.3 is 24.3 Å². The monoisotopic (exact) mass is 454 g/mol. The number of hydrogen-bond acceptors (Lipinski definition) is 7. The molecule has 1 heterocycles. The maximum Gasteiger partial charge on any atom is 0.339 e. The molecule has 0 radical (unpaired) electrons. The van der Waals surface area contributed by atoms with Crippen molar-refractivity contribution in [3.8, 4) is 17.2 Å². The lowest BCUT2D eigenvalue weighted by Gasteiger charge is -2.16. The molecule has 0 spiro atoms. The summed E-state index contributed by atoms with van der Waals surface area (Å²) in [6, 6.07) is 13.2. The molecule has 0 unspecified atom stereocenters. The molecule has 9 heteroatoms. The van der Waals surface area contributed by atoms with Gasteiger partial charge in [0.25, 0.3) is 5.91 Å². The van der Waals surface area contributed by atoms with Gasteiger partial charge in [-0.2, -0.15) is 0 Å². The van der Waals surface area contributed by atoms with Gasteiger partial charge in [0.15, 0.2) is 0 Å². The van der Waals surface area contributed by atoms with E-state index in [0.717, 1.165) is 0 Å². The van der Waals surface area contributed by atoms with E-state index in [0.29, 0.717) is 12.4 Å². The number of nitrogens with zero attached hydrogens (tertiary/aromatic N) is 1. The second-order valence-electron chi connectivity index (χ2n) is 7.01. The summed E-state index contributed by atoms with van der Waals surface area (Å²) in [7, 11) is 2.82. The first-order valence-corrected chi connectivity index (χ1v) is 9.97. The van der Waals surface area contributed by atoms with Gasteiger partial charge in [0.2, 0.25) is 0 Å². The number of aromatic nitrogens is 1. The van der Waals surface area contributed by atoms with Crippen LogP contribution in [-0.4, -0.2) is 43.8 Å². The van der Waals surface area contributed by atoms with Crippen LogP contribution in [0.2, 0.25) is 0 Å². The quantitative estimate of drug-likeness (QED) is 0.477. The van der Waals surface area contributed by atoms with E-state index in [1.807, 2.05) is 6.92 Å². The van der Waals surface area contributed by atoms with Gasteiger partial charge in [0, 0.05) is 31.0 Å². The van der Waals surface area contributed by atoms with E-state index in [1.165, 1.54) is 49.7 Å². The molecule has 0 aliphatic carbocycles. The van der Waals surface area contributed by atoms with Crippen molar-refractivity contribution < 1.29 is 32.9 Å². The number of esters is 1. The Kier molecular flexibility index (Phi) is 7.93. The van der Waals surface area contributed by atoms with Gasteiger partial charge in [-0.15, -0.1) is 0 Å². The van der Waals surface area contributed by atoms with E-state index < -0.39 is 17.7 Å². The van der Waals surface area contributed by atoms with Crippen molar-refractivity contribution in [3.63, 3.8) is 0 Å². The summed E-state index contributed by atoms with van der Waals surface area (Å²) < 4.78 is 34.8. The lowest BCUT2D eigenvalue weighted by Crippen LogP contribution is -2.19. The zero-order chi connectivity index (χ0) is 23.8. The Morgan fingerprint density at radius 3 is 2.45 bits per heavy atom. The van der Waals surface area contributed by atoms with Gasteiger partial charge in [0.05, 0.1) is 19.3 Å². The van der Waals surface area contributed by atoms with Crippen molar-refractivity contribution >= 4 is 17.7 Å². The van der Waals surface area contributed by atoms with Crippen molar-refractivity contribution in [2.45, 2.75) is 13.0 Å². The van der Waals surface area contributed by atoms with Gasteiger partial charge >= 0.3 is 5.97 Å². The molecular formula is C24H23FN2O6. The van der Waals surface area contributed by atoms with Crippen LogP contribution in [0.3, 0.4) is 0 Å². The summed E-state index contributed by atoms with van der Waals surface area (Å²) in [5.41, 5.74) is 0.478. The summed E-state index contributed by atoms with van der Waals surface area (Å²) >= 11 is 0. The SMILES string of the molecule is COC[C@H](C)Oc1cc(Oc2cccc(F)c2)cc(C(=O)Nc2ccc(C(=O)OC)cn2)c1. The number of amides is 1. The first-order chi connectivity index (χ1) is 15.9. The van der Waals surface area contributed by atoms with Gasteiger partial charge in [-0.1, -0.05) is 6.07 Å². The van der Waals surface area contributed by atoms with E-state index in [-0.39, 0.29) is 34.5 Å². The van der Waals surface area contributed by atoms with Crippen LogP contribution in [0, 0.1) is 5.82 Å². The Balaban J connectivity index is 1.85. The molecule has 0 bridgehead atoms. The fourth-order valence-electron chi connectivity index (χ4n) is 2.89. The number of anilines is 1. The van der Waals surface area contributed by atoms with E-state index in [2.05, 4.69) is 15.0 Å². The predicted octanol–water partition coefficient (Wildman–Crippen LogP) is 4.47. The first-order valence-electron chi connectivity index (χ1n) is 9.97.